The predicted molar refractivity (Wildman–Crippen MR) is 90.0 cm³/mol. The molecule has 2 amide bonds. The van der Waals surface area contributed by atoms with Crippen LogP contribution in [-0.4, -0.2) is 36.0 Å². The van der Waals surface area contributed by atoms with E-state index in [-0.39, 0.29) is 6.03 Å². The molecule has 2 aliphatic rings. The van der Waals surface area contributed by atoms with Gasteiger partial charge >= 0.3 is 6.03 Å². The maximum atomic E-state index is 11.9. The van der Waals surface area contributed by atoms with Gasteiger partial charge in [-0.2, -0.15) is 0 Å². The molecule has 1 aliphatic carbocycles. The summed E-state index contributed by atoms with van der Waals surface area (Å²) in [5.41, 5.74) is 1.09. The van der Waals surface area contributed by atoms with Crippen molar-refractivity contribution >= 4 is 22.5 Å². The van der Waals surface area contributed by atoms with Crippen molar-refractivity contribution in [2.45, 2.75) is 25.2 Å². The molecule has 24 heavy (non-hydrogen) atoms. The van der Waals surface area contributed by atoms with Crippen molar-refractivity contribution < 1.29 is 14.3 Å². The Morgan fingerprint density at radius 1 is 1.21 bits per heavy atom. The minimum Gasteiger partial charge on any atom is -0.486 e. The van der Waals surface area contributed by atoms with Gasteiger partial charge in [0, 0.05) is 12.5 Å². The van der Waals surface area contributed by atoms with Crippen LogP contribution in [0, 0.1) is 0 Å². The highest BCUT2D eigenvalue weighted by atomic mass is 32.1. The smallest absolute Gasteiger partial charge is 0.321 e. The van der Waals surface area contributed by atoms with E-state index in [1.54, 1.807) is 0 Å². The molecule has 2 N–H and O–H groups in total. The minimum atomic E-state index is -0.258. The first-order valence-electron chi connectivity index (χ1n) is 8.05. The molecule has 0 spiro atoms. The van der Waals surface area contributed by atoms with Gasteiger partial charge in [-0.1, -0.05) is 17.4 Å². The molecule has 126 valence electrons. The molecule has 0 saturated heterocycles. The fourth-order valence-corrected chi connectivity index (χ4v) is 3.39. The van der Waals surface area contributed by atoms with Crippen molar-refractivity contribution in [2.24, 2.45) is 0 Å². The van der Waals surface area contributed by atoms with E-state index in [1.165, 1.54) is 24.2 Å². The number of carbonyl (C=O) groups excluding carboxylic acids is 1. The van der Waals surface area contributed by atoms with E-state index in [0.29, 0.717) is 37.2 Å². The number of urea groups is 1. The summed E-state index contributed by atoms with van der Waals surface area (Å²) in [5.74, 6) is 2.10. The molecule has 0 atom stereocenters. The summed E-state index contributed by atoms with van der Waals surface area (Å²) >= 11 is 1.45. The Labute approximate surface area is 143 Å². The van der Waals surface area contributed by atoms with Gasteiger partial charge in [0.1, 0.15) is 18.2 Å². The molecule has 1 aromatic heterocycles. The number of nitrogens with one attached hydrogen (secondary N) is 2. The van der Waals surface area contributed by atoms with Crippen LogP contribution in [0.25, 0.3) is 0 Å². The molecule has 1 aromatic carbocycles. The number of amides is 2. The summed E-state index contributed by atoms with van der Waals surface area (Å²) in [6, 6.07) is 5.59. The highest BCUT2D eigenvalue weighted by Crippen LogP contribution is 2.42. The first-order valence-corrected chi connectivity index (χ1v) is 8.86. The topological polar surface area (TPSA) is 85.4 Å². The van der Waals surface area contributed by atoms with Gasteiger partial charge < -0.3 is 14.8 Å². The molecule has 0 unspecified atom stereocenters. The van der Waals surface area contributed by atoms with Gasteiger partial charge in [-0.3, -0.25) is 5.32 Å². The number of benzene rings is 1. The van der Waals surface area contributed by atoms with Crippen LogP contribution in [0.1, 0.15) is 29.3 Å². The minimum absolute atomic E-state index is 0.258. The lowest BCUT2D eigenvalue weighted by Gasteiger charge is -2.18. The zero-order chi connectivity index (χ0) is 16.4. The van der Waals surface area contributed by atoms with E-state index in [0.717, 1.165) is 22.1 Å². The predicted octanol–water partition coefficient (Wildman–Crippen LogP) is 2.55. The van der Waals surface area contributed by atoms with Crippen LogP contribution in [0.2, 0.25) is 0 Å². The van der Waals surface area contributed by atoms with E-state index in [1.807, 2.05) is 18.2 Å². The van der Waals surface area contributed by atoms with Gasteiger partial charge in [0.15, 0.2) is 11.5 Å². The summed E-state index contributed by atoms with van der Waals surface area (Å²) in [7, 11) is 0. The van der Waals surface area contributed by atoms with Gasteiger partial charge in [0.25, 0.3) is 0 Å². The number of nitrogens with zero attached hydrogens (tertiary/aromatic N) is 2. The molecule has 2 heterocycles. The number of rotatable bonds is 5. The SMILES string of the molecule is O=C(NCCc1ccc2c(c1)OCCO2)Nc1nnc(C2CC2)s1. The van der Waals surface area contributed by atoms with E-state index in [4.69, 9.17) is 9.47 Å². The zero-order valence-corrected chi connectivity index (χ0v) is 13.9. The highest BCUT2D eigenvalue weighted by molar-refractivity contribution is 7.15. The van der Waals surface area contributed by atoms with Crippen molar-refractivity contribution in [3.05, 3.63) is 28.8 Å². The molecule has 8 heteroatoms. The number of aromatic nitrogens is 2. The van der Waals surface area contributed by atoms with Crippen LogP contribution >= 0.6 is 11.3 Å². The van der Waals surface area contributed by atoms with Crippen LogP contribution < -0.4 is 20.1 Å². The van der Waals surface area contributed by atoms with Crippen LogP contribution in [0.15, 0.2) is 18.2 Å². The highest BCUT2D eigenvalue weighted by Gasteiger charge is 2.27. The lowest BCUT2D eigenvalue weighted by Crippen LogP contribution is -2.30. The molecular formula is C16H18N4O3S. The monoisotopic (exact) mass is 346 g/mol. The third kappa shape index (κ3) is 3.59. The van der Waals surface area contributed by atoms with E-state index in [9.17, 15) is 4.79 Å². The van der Waals surface area contributed by atoms with Crippen molar-refractivity contribution in [3.8, 4) is 11.5 Å². The molecule has 2 aromatic rings. The summed E-state index contributed by atoms with van der Waals surface area (Å²) in [6.45, 7) is 1.68. The number of fused-ring (bicyclic) bond motifs is 1. The second-order valence-corrected chi connectivity index (χ2v) is 6.84. The van der Waals surface area contributed by atoms with E-state index < -0.39 is 0 Å². The van der Waals surface area contributed by atoms with Gasteiger partial charge in [-0.05, 0) is 37.0 Å². The van der Waals surface area contributed by atoms with Gasteiger partial charge in [0.2, 0.25) is 5.13 Å². The number of anilines is 1. The van der Waals surface area contributed by atoms with Crippen LogP contribution in [0.3, 0.4) is 0 Å². The van der Waals surface area contributed by atoms with Crippen molar-refractivity contribution in [2.75, 3.05) is 25.1 Å². The largest absolute Gasteiger partial charge is 0.486 e. The number of hydrogen-bond donors (Lipinski definition) is 2. The normalized spacial score (nSPS) is 15.8. The number of carbonyl (C=O) groups is 1. The number of ether oxygens (including phenoxy) is 2. The lowest BCUT2D eigenvalue weighted by atomic mass is 10.1. The summed E-state index contributed by atoms with van der Waals surface area (Å²) in [6.07, 6.45) is 3.07. The molecule has 1 aliphatic heterocycles. The average Bonchev–Trinajstić information content (AvgIpc) is 3.35. The van der Waals surface area contributed by atoms with Gasteiger partial charge in [0.05, 0.1) is 0 Å². The van der Waals surface area contributed by atoms with Crippen LogP contribution in [0.4, 0.5) is 9.93 Å². The summed E-state index contributed by atoms with van der Waals surface area (Å²) in [4.78, 5) is 11.9. The Morgan fingerprint density at radius 3 is 2.88 bits per heavy atom. The molecule has 0 bridgehead atoms. The number of hydrogen-bond acceptors (Lipinski definition) is 6. The second-order valence-electron chi connectivity index (χ2n) is 5.83. The third-order valence-corrected chi connectivity index (χ3v) is 4.89. The fourth-order valence-electron chi connectivity index (χ4n) is 2.49. The van der Waals surface area contributed by atoms with Crippen molar-refractivity contribution in [1.82, 2.24) is 15.5 Å². The maximum absolute atomic E-state index is 11.9. The van der Waals surface area contributed by atoms with E-state index in [2.05, 4.69) is 20.8 Å². The Bertz CT molecular complexity index is 745. The molecule has 1 saturated carbocycles. The molecule has 4 rings (SSSR count). The fraction of sp³-hybridized carbons (Fsp3) is 0.438. The van der Waals surface area contributed by atoms with E-state index >= 15 is 0 Å². The van der Waals surface area contributed by atoms with Crippen LogP contribution in [-0.2, 0) is 6.42 Å². The molecule has 7 nitrogen and oxygen atoms in total. The second kappa shape index (κ2) is 6.64. The van der Waals surface area contributed by atoms with Crippen molar-refractivity contribution in [1.29, 1.82) is 0 Å². The summed E-state index contributed by atoms with van der Waals surface area (Å²) in [5, 5.41) is 15.2. The Balaban J connectivity index is 1.25. The lowest BCUT2D eigenvalue weighted by molar-refractivity contribution is 0.171. The third-order valence-electron chi connectivity index (χ3n) is 3.89. The Kier molecular flexibility index (Phi) is 4.20. The summed E-state index contributed by atoms with van der Waals surface area (Å²) < 4.78 is 11.1. The molecular weight excluding hydrogens is 328 g/mol. The molecule has 1 fully saturated rings. The maximum Gasteiger partial charge on any atom is 0.321 e. The quantitative estimate of drug-likeness (QED) is 0.869. The van der Waals surface area contributed by atoms with Crippen LogP contribution in [0.5, 0.6) is 11.5 Å². The first kappa shape index (κ1) is 15.2. The van der Waals surface area contributed by atoms with Gasteiger partial charge in [-0.25, -0.2) is 4.79 Å². The molecule has 0 radical (unpaired) electrons. The standard InChI is InChI=1S/C16H18N4O3S/c21-15(18-16-20-19-14(24-16)11-2-3-11)17-6-5-10-1-4-12-13(9-10)23-8-7-22-12/h1,4,9,11H,2-3,5-8H2,(H2,17,18,20,21). The first-order chi connectivity index (χ1) is 11.8. The zero-order valence-electron chi connectivity index (χ0n) is 13.1. The average molecular weight is 346 g/mol. The Morgan fingerprint density at radius 2 is 2.04 bits per heavy atom. The van der Waals surface area contributed by atoms with Crippen molar-refractivity contribution in [3.63, 3.8) is 0 Å². The Hall–Kier alpha value is -2.35. The van der Waals surface area contributed by atoms with Gasteiger partial charge in [-0.15, -0.1) is 10.2 Å².